The average Bonchev–Trinajstić information content (AvgIpc) is 2.82. The van der Waals surface area contributed by atoms with Gasteiger partial charge in [0, 0.05) is 25.4 Å². The number of anilines is 1. The summed E-state index contributed by atoms with van der Waals surface area (Å²) in [6, 6.07) is 7.35. The van der Waals surface area contributed by atoms with E-state index in [4.69, 9.17) is 4.74 Å². The van der Waals surface area contributed by atoms with Gasteiger partial charge in [0.1, 0.15) is 5.75 Å². The third-order valence-electron chi connectivity index (χ3n) is 8.72. The molecule has 2 N–H and O–H groups in total. The number of hydrogen-bond donors (Lipinski definition) is 2. The van der Waals surface area contributed by atoms with Crippen molar-refractivity contribution < 1.29 is 19.1 Å². The molecule has 0 unspecified atom stereocenters. The highest BCUT2D eigenvalue weighted by Crippen LogP contribution is 2.61. The second-order valence-electron chi connectivity index (χ2n) is 11.2. The molecule has 1 heterocycles. The third kappa shape index (κ3) is 4.93. The standard InChI is InChI=1S/C27H37N3O4/c1-34-23-5-3-2-4-22(23)29-26(33)21-6-8-30(9-7-21)25(32)17-28-24(31)16-27-13-18-10-19(14-27)12-20(11-18)15-27/h2-5,18-21H,6-17H2,1H3,(H,28,31)(H,29,33). The summed E-state index contributed by atoms with van der Waals surface area (Å²) in [5, 5.41) is 5.86. The van der Waals surface area contributed by atoms with Gasteiger partial charge in [0.2, 0.25) is 17.7 Å². The molecular formula is C27H37N3O4. The van der Waals surface area contributed by atoms with E-state index in [0.717, 1.165) is 17.8 Å². The van der Waals surface area contributed by atoms with Crippen molar-refractivity contribution in [3.63, 3.8) is 0 Å². The molecule has 7 heteroatoms. The molecule has 1 aromatic rings. The van der Waals surface area contributed by atoms with Gasteiger partial charge >= 0.3 is 0 Å². The number of carbonyl (C=O) groups excluding carboxylic acids is 3. The molecule has 4 aliphatic carbocycles. The highest BCUT2D eigenvalue weighted by Gasteiger charge is 2.51. The average molecular weight is 468 g/mol. The summed E-state index contributed by atoms with van der Waals surface area (Å²) in [6.07, 6.45) is 9.52. The highest BCUT2D eigenvalue weighted by molar-refractivity contribution is 5.94. The number of ether oxygens (including phenoxy) is 1. The molecule has 3 amide bonds. The van der Waals surface area contributed by atoms with E-state index in [1.54, 1.807) is 12.0 Å². The van der Waals surface area contributed by atoms with Gasteiger partial charge in [0.25, 0.3) is 0 Å². The van der Waals surface area contributed by atoms with Crippen LogP contribution in [0, 0.1) is 29.1 Å². The fourth-order valence-electron chi connectivity index (χ4n) is 7.57. The molecule has 1 aliphatic heterocycles. The van der Waals surface area contributed by atoms with Gasteiger partial charge in [-0.05, 0) is 86.7 Å². The lowest BCUT2D eigenvalue weighted by atomic mass is 9.49. The predicted octanol–water partition coefficient (Wildman–Crippen LogP) is 3.60. The minimum Gasteiger partial charge on any atom is -0.495 e. The Morgan fingerprint density at radius 2 is 1.62 bits per heavy atom. The minimum absolute atomic E-state index is 0.0290. The van der Waals surface area contributed by atoms with Crippen molar-refractivity contribution in [2.75, 3.05) is 32.1 Å². The first kappa shape index (κ1) is 23.2. The van der Waals surface area contributed by atoms with Gasteiger partial charge in [-0.3, -0.25) is 14.4 Å². The SMILES string of the molecule is COc1ccccc1NC(=O)C1CCN(C(=O)CNC(=O)CC23CC4CC(CC(C4)C2)C3)CC1. The molecule has 0 aromatic heterocycles. The van der Waals surface area contributed by atoms with Crippen LogP contribution in [-0.2, 0) is 14.4 Å². The molecule has 0 spiro atoms. The van der Waals surface area contributed by atoms with E-state index < -0.39 is 0 Å². The van der Waals surface area contributed by atoms with E-state index in [0.29, 0.717) is 43.8 Å². The monoisotopic (exact) mass is 467 g/mol. The van der Waals surface area contributed by atoms with E-state index in [2.05, 4.69) is 10.6 Å². The van der Waals surface area contributed by atoms with Crippen molar-refractivity contribution in [3.05, 3.63) is 24.3 Å². The topological polar surface area (TPSA) is 87.7 Å². The summed E-state index contributed by atoms with van der Waals surface area (Å²) in [7, 11) is 1.58. The second kappa shape index (κ2) is 9.59. The van der Waals surface area contributed by atoms with Crippen molar-refractivity contribution in [2.45, 2.75) is 57.8 Å². The summed E-state index contributed by atoms with van der Waals surface area (Å²) in [5.41, 5.74) is 0.852. The number of hydrogen-bond acceptors (Lipinski definition) is 4. The smallest absolute Gasteiger partial charge is 0.241 e. The molecule has 7 nitrogen and oxygen atoms in total. The zero-order valence-corrected chi connectivity index (χ0v) is 20.2. The van der Waals surface area contributed by atoms with Gasteiger partial charge in [-0.25, -0.2) is 0 Å². The van der Waals surface area contributed by atoms with Crippen molar-refractivity contribution in [1.82, 2.24) is 10.2 Å². The van der Waals surface area contributed by atoms with Crippen molar-refractivity contribution in [3.8, 4) is 5.75 Å². The van der Waals surface area contributed by atoms with Crippen LogP contribution < -0.4 is 15.4 Å². The number of likely N-dealkylation sites (tertiary alicyclic amines) is 1. The summed E-state index contributed by atoms with van der Waals surface area (Å²) >= 11 is 0. The summed E-state index contributed by atoms with van der Waals surface area (Å²) in [4.78, 5) is 39.9. The number of rotatable bonds is 7. The molecular weight excluding hydrogens is 430 g/mol. The van der Waals surface area contributed by atoms with Crippen LogP contribution in [0.2, 0.25) is 0 Å². The maximum Gasteiger partial charge on any atom is 0.241 e. The molecule has 6 rings (SSSR count). The van der Waals surface area contributed by atoms with Crippen LogP contribution in [0.25, 0.3) is 0 Å². The Hall–Kier alpha value is -2.57. The lowest BCUT2D eigenvalue weighted by Crippen LogP contribution is -2.49. The van der Waals surface area contributed by atoms with Crippen LogP contribution in [0.4, 0.5) is 5.69 Å². The van der Waals surface area contributed by atoms with Crippen LogP contribution in [0.1, 0.15) is 57.8 Å². The van der Waals surface area contributed by atoms with Crippen molar-refractivity contribution in [2.24, 2.45) is 29.1 Å². The zero-order chi connectivity index (χ0) is 23.7. The minimum atomic E-state index is -0.139. The molecule has 4 saturated carbocycles. The Morgan fingerprint density at radius 1 is 1.00 bits per heavy atom. The second-order valence-corrected chi connectivity index (χ2v) is 11.2. The molecule has 5 fully saturated rings. The van der Waals surface area contributed by atoms with Gasteiger partial charge < -0.3 is 20.3 Å². The number of methoxy groups -OCH3 is 1. The number of para-hydroxylation sites is 2. The molecule has 4 bridgehead atoms. The number of amides is 3. The molecule has 0 atom stereocenters. The first-order valence-corrected chi connectivity index (χ1v) is 12.9. The summed E-state index contributed by atoms with van der Waals surface area (Å²) < 4.78 is 5.30. The molecule has 0 radical (unpaired) electrons. The summed E-state index contributed by atoms with van der Waals surface area (Å²) in [6.45, 7) is 1.13. The van der Waals surface area contributed by atoms with Crippen LogP contribution in [-0.4, -0.2) is 49.4 Å². The van der Waals surface area contributed by atoms with Gasteiger partial charge in [-0.2, -0.15) is 0 Å². The number of carbonyl (C=O) groups is 3. The van der Waals surface area contributed by atoms with E-state index >= 15 is 0 Å². The molecule has 1 saturated heterocycles. The lowest BCUT2D eigenvalue weighted by molar-refractivity contribution is -0.137. The van der Waals surface area contributed by atoms with Gasteiger partial charge in [0.15, 0.2) is 0 Å². The first-order chi connectivity index (χ1) is 16.4. The Kier molecular flexibility index (Phi) is 6.54. The van der Waals surface area contributed by atoms with E-state index in [1.807, 2.05) is 24.3 Å². The van der Waals surface area contributed by atoms with Gasteiger partial charge in [0.05, 0.1) is 19.3 Å². The highest BCUT2D eigenvalue weighted by atomic mass is 16.5. The molecule has 1 aromatic carbocycles. The number of piperidine rings is 1. The third-order valence-corrected chi connectivity index (χ3v) is 8.72. The van der Waals surface area contributed by atoms with Crippen LogP contribution >= 0.6 is 0 Å². The molecule has 5 aliphatic rings. The fraction of sp³-hybridized carbons (Fsp3) is 0.667. The van der Waals surface area contributed by atoms with Gasteiger partial charge in [-0.15, -0.1) is 0 Å². The zero-order valence-electron chi connectivity index (χ0n) is 20.2. The fourth-order valence-corrected chi connectivity index (χ4v) is 7.57. The van der Waals surface area contributed by atoms with E-state index in [9.17, 15) is 14.4 Å². The van der Waals surface area contributed by atoms with Crippen molar-refractivity contribution >= 4 is 23.4 Å². The number of nitrogens with zero attached hydrogens (tertiary/aromatic N) is 1. The largest absolute Gasteiger partial charge is 0.495 e. The Morgan fingerprint density at radius 3 is 2.24 bits per heavy atom. The van der Waals surface area contributed by atoms with Crippen LogP contribution in [0.15, 0.2) is 24.3 Å². The summed E-state index contributed by atoms with van der Waals surface area (Å²) in [5.74, 6) is 2.89. The number of benzene rings is 1. The van der Waals surface area contributed by atoms with Crippen molar-refractivity contribution in [1.29, 1.82) is 0 Å². The van der Waals surface area contributed by atoms with E-state index in [-0.39, 0.29) is 35.6 Å². The maximum absolute atomic E-state index is 12.7. The number of nitrogens with one attached hydrogen (secondary N) is 2. The molecule has 184 valence electrons. The van der Waals surface area contributed by atoms with Crippen LogP contribution in [0.3, 0.4) is 0 Å². The Bertz CT molecular complexity index is 902. The van der Waals surface area contributed by atoms with Gasteiger partial charge in [-0.1, -0.05) is 12.1 Å². The Labute approximate surface area is 202 Å². The predicted molar refractivity (Wildman–Crippen MR) is 129 cm³/mol. The lowest BCUT2D eigenvalue weighted by Gasteiger charge is -2.56. The van der Waals surface area contributed by atoms with Crippen LogP contribution in [0.5, 0.6) is 5.75 Å². The van der Waals surface area contributed by atoms with E-state index in [1.165, 1.54) is 38.5 Å². The normalized spacial score (nSPS) is 30.1. The quantitative estimate of drug-likeness (QED) is 0.642. The Balaban J connectivity index is 1.05. The maximum atomic E-state index is 12.7. The molecule has 34 heavy (non-hydrogen) atoms. The first-order valence-electron chi connectivity index (χ1n) is 12.9.